The lowest BCUT2D eigenvalue weighted by Crippen LogP contribution is -2.09. The van der Waals surface area contributed by atoms with Gasteiger partial charge in [0.15, 0.2) is 11.5 Å². The summed E-state index contributed by atoms with van der Waals surface area (Å²) in [5.41, 5.74) is 1.49. The average Bonchev–Trinajstić information content (AvgIpc) is 2.66. The highest BCUT2D eigenvalue weighted by atomic mass is 16.6. The maximum Gasteiger partial charge on any atom is 0.274 e. The van der Waals surface area contributed by atoms with Crippen LogP contribution in [-0.2, 0) is 4.79 Å². The van der Waals surface area contributed by atoms with Crippen molar-refractivity contribution in [1.82, 2.24) is 0 Å². The van der Waals surface area contributed by atoms with Crippen LogP contribution in [0.3, 0.4) is 0 Å². The van der Waals surface area contributed by atoms with E-state index in [1.165, 1.54) is 25.3 Å². The molecule has 0 aliphatic carbocycles. The molecule has 0 atom stereocenters. The zero-order valence-corrected chi connectivity index (χ0v) is 15.1. The molecule has 0 unspecified atom stereocenters. The van der Waals surface area contributed by atoms with Gasteiger partial charge in [0.05, 0.1) is 23.3 Å². The van der Waals surface area contributed by atoms with E-state index < -0.39 is 10.8 Å². The number of rotatable bonds is 8. The van der Waals surface area contributed by atoms with E-state index >= 15 is 0 Å². The Labute approximate surface area is 157 Å². The quantitative estimate of drug-likeness (QED) is 0.327. The van der Waals surface area contributed by atoms with Gasteiger partial charge >= 0.3 is 0 Å². The lowest BCUT2D eigenvalue weighted by molar-refractivity contribution is -0.385. The van der Waals surface area contributed by atoms with Gasteiger partial charge in [0.25, 0.3) is 5.69 Å². The largest absolute Gasteiger partial charge is 0.493 e. The number of amides is 1. The van der Waals surface area contributed by atoms with E-state index in [9.17, 15) is 14.9 Å². The highest BCUT2D eigenvalue weighted by molar-refractivity contribution is 6.02. The van der Waals surface area contributed by atoms with E-state index in [4.69, 9.17) is 9.47 Å². The fraction of sp³-hybridized carbons (Fsp3) is 0.150. The highest BCUT2D eigenvalue weighted by Gasteiger charge is 2.14. The Bertz CT molecular complexity index is 890. The molecule has 0 spiro atoms. The molecule has 1 N–H and O–H groups in total. The van der Waals surface area contributed by atoms with Crippen molar-refractivity contribution >= 4 is 23.4 Å². The smallest absolute Gasteiger partial charge is 0.274 e. The molecule has 0 aliphatic rings. The number of nitrogens with one attached hydrogen (secondary N) is 1. The van der Waals surface area contributed by atoms with E-state index in [0.29, 0.717) is 29.4 Å². The van der Waals surface area contributed by atoms with Gasteiger partial charge < -0.3 is 14.8 Å². The zero-order valence-electron chi connectivity index (χ0n) is 15.1. The van der Waals surface area contributed by atoms with Crippen molar-refractivity contribution in [3.63, 3.8) is 0 Å². The Kier molecular flexibility index (Phi) is 6.71. The number of carbonyl (C=O) groups excluding carboxylic acids is 1. The Morgan fingerprint density at radius 2 is 2.07 bits per heavy atom. The second-order valence-corrected chi connectivity index (χ2v) is 5.54. The number of methoxy groups -OCH3 is 1. The maximum absolute atomic E-state index is 12.1. The predicted molar refractivity (Wildman–Crippen MR) is 104 cm³/mol. The molecule has 2 aromatic rings. The van der Waals surface area contributed by atoms with Gasteiger partial charge in [-0.15, -0.1) is 0 Å². The summed E-state index contributed by atoms with van der Waals surface area (Å²) in [6, 6.07) is 9.79. The summed E-state index contributed by atoms with van der Waals surface area (Å²) in [5.74, 6) is 0.713. The fourth-order valence-corrected chi connectivity index (χ4v) is 2.36. The van der Waals surface area contributed by atoms with Crippen molar-refractivity contribution in [2.24, 2.45) is 0 Å². The number of nitro benzene ring substituents is 1. The lowest BCUT2D eigenvalue weighted by Gasteiger charge is -2.10. The third kappa shape index (κ3) is 5.18. The van der Waals surface area contributed by atoms with Crippen LogP contribution in [0.4, 0.5) is 11.4 Å². The Morgan fingerprint density at radius 1 is 1.30 bits per heavy atom. The summed E-state index contributed by atoms with van der Waals surface area (Å²) >= 11 is 0. The van der Waals surface area contributed by atoms with Crippen LogP contribution in [0.2, 0.25) is 0 Å². The second kappa shape index (κ2) is 9.19. The third-order valence-electron chi connectivity index (χ3n) is 3.73. The van der Waals surface area contributed by atoms with Gasteiger partial charge in [-0.1, -0.05) is 24.8 Å². The van der Waals surface area contributed by atoms with Gasteiger partial charge in [-0.2, -0.15) is 0 Å². The first-order valence-corrected chi connectivity index (χ1v) is 8.11. The molecule has 140 valence electrons. The molecule has 0 aromatic heterocycles. The SMILES string of the molecule is C=CCOc1ccc(/C=C/C(=O)Nc2cccc([N+](=O)[O-])c2C)cc1OC. The lowest BCUT2D eigenvalue weighted by atomic mass is 10.1. The minimum absolute atomic E-state index is 0.0448. The molecule has 0 saturated heterocycles. The van der Waals surface area contributed by atoms with Crippen LogP contribution >= 0.6 is 0 Å². The summed E-state index contributed by atoms with van der Waals surface area (Å²) in [6.45, 7) is 5.54. The number of ether oxygens (including phenoxy) is 2. The molecule has 7 heteroatoms. The van der Waals surface area contributed by atoms with Crippen LogP contribution in [0.5, 0.6) is 11.5 Å². The molecule has 2 rings (SSSR count). The molecule has 0 aliphatic heterocycles. The highest BCUT2D eigenvalue weighted by Crippen LogP contribution is 2.29. The van der Waals surface area contributed by atoms with Crippen molar-refractivity contribution in [2.75, 3.05) is 19.0 Å². The number of anilines is 1. The van der Waals surface area contributed by atoms with Crippen molar-refractivity contribution < 1.29 is 19.2 Å². The average molecular weight is 368 g/mol. The number of hydrogen-bond donors (Lipinski definition) is 1. The van der Waals surface area contributed by atoms with E-state index in [1.807, 2.05) is 0 Å². The number of nitro groups is 1. The summed E-state index contributed by atoms with van der Waals surface area (Å²) in [5, 5.41) is 13.6. The van der Waals surface area contributed by atoms with E-state index in [-0.39, 0.29) is 5.69 Å². The van der Waals surface area contributed by atoms with Crippen molar-refractivity contribution in [3.8, 4) is 11.5 Å². The fourth-order valence-electron chi connectivity index (χ4n) is 2.36. The first kappa shape index (κ1) is 19.7. The molecule has 7 nitrogen and oxygen atoms in total. The number of benzene rings is 2. The third-order valence-corrected chi connectivity index (χ3v) is 3.73. The van der Waals surface area contributed by atoms with Gasteiger partial charge in [0.1, 0.15) is 6.61 Å². The molecule has 0 fully saturated rings. The topological polar surface area (TPSA) is 90.7 Å². The minimum Gasteiger partial charge on any atom is -0.493 e. The van der Waals surface area contributed by atoms with Gasteiger partial charge in [0, 0.05) is 12.1 Å². The summed E-state index contributed by atoms with van der Waals surface area (Å²) in [4.78, 5) is 22.6. The molecule has 1 amide bonds. The molecule has 0 heterocycles. The van der Waals surface area contributed by atoms with E-state index in [0.717, 1.165) is 5.56 Å². The molecule has 0 bridgehead atoms. The van der Waals surface area contributed by atoms with Crippen LogP contribution in [0, 0.1) is 17.0 Å². The Hall–Kier alpha value is -3.61. The summed E-state index contributed by atoms with van der Waals surface area (Å²) < 4.78 is 10.8. The van der Waals surface area contributed by atoms with Gasteiger partial charge in [-0.05, 0) is 36.8 Å². The van der Waals surface area contributed by atoms with Crippen LogP contribution in [0.1, 0.15) is 11.1 Å². The first-order valence-electron chi connectivity index (χ1n) is 8.11. The summed E-state index contributed by atoms with van der Waals surface area (Å²) in [6.07, 6.45) is 4.59. The normalized spacial score (nSPS) is 10.4. The van der Waals surface area contributed by atoms with Crippen LogP contribution in [-0.4, -0.2) is 24.5 Å². The molecular weight excluding hydrogens is 348 g/mol. The van der Waals surface area contributed by atoms with Gasteiger partial charge in [-0.3, -0.25) is 14.9 Å². The Morgan fingerprint density at radius 3 is 2.74 bits per heavy atom. The van der Waals surface area contributed by atoms with Crippen LogP contribution < -0.4 is 14.8 Å². The minimum atomic E-state index is -0.483. The van der Waals surface area contributed by atoms with Crippen LogP contribution in [0.15, 0.2) is 55.1 Å². The van der Waals surface area contributed by atoms with Crippen molar-refractivity contribution in [1.29, 1.82) is 0 Å². The van der Waals surface area contributed by atoms with E-state index in [1.54, 1.807) is 43.3 Å². The van der Waals surface area contributed by atoms with E-state index in [2.05, 4.69) is 11.9 Å². The van der Waals surface area contributed by atoms with Gasteiger partial charge in [0.2, 0.25) is 5.91 Å². The molecule has 2 aromatic carbocycles. The molecule has 0 saturated carbocycles. The first-order chi connectivity index (χ1) is 13.0. The molecule has 27 heavy (non-hydrogen) atoms. The standard InChI is InChI=1S/C20H20N2O5/c1-4-12-27-18-10-8-15(13-19(18)26-3)9-11-20(23)21-16-6-5-7-17(14(16)2)22(24)25/h4-11,13H,1,12H2,2-3H3,(H,21,23)/b11-9+. The predicted octanol–water partition coefficient (Wildman–Crippen LogP) is 4.13. The van der Waals surface area contributed by atoms with Gasteiger partial charge in [-0.25, -0.2) is 0 Å². The molecular formula is C20H20N2O5. The summed E-state index contributed by atoms with van der Waals surface area (Å²) in [7, 11) is 1.53. The number of nitrogens with zero attached hydrogens (tertiary/aromatic N) is 1. The maximum atomic E-state index is 12.1. The number of carbonyl (C=O) groups is 1. The molecule has 0 radical (unpaired) electrons. The van der Waals surface area contributed by atoms with Crippen molar-refractivity contribution in [3.05, 3.63) is 76.4 Å². The zero-order chi connectivity index (χ0) is 19.8. The van der Waals surface area contributed by atoms with Crippen LogP contribution in [0.25, 0.3) is 6.08 Å². The monoisotopic (exact) mass is 368 g/mol. The van der Waals surface area contributed by atoms with Crippen molar-refractivity contribution in [2.45, 2.75) is 6.92 Å². The number of hydrogen-bond acceptors (Lipinski definition) is 5. The Balaban J connectivity index is 2.12. The second-order valence-electron chi connectivity index (χ2n) is 5.54.